The van der Waals surface area contributed by atoms with Gasteiger partial charge in [0.1, 0.15) is 5.01 Å². The van der Waals surface area contributed by atoms with Gasteiger partial charge in [0.2, 0.25) is 0 Å². The van der Waals surface area contributed by atoms with Gasteiger partial charge in [-0.25, -0.2) is 0 Å². The van der Waals surface area contributed by atoms with Crippen molar-refractivity contribution >= 4 is 11.3 Å². The standard InChI is InChI=1S/C11H18F3N3OS/c1-8(2)6-15-7-9-16-17-10(19-9)18-5-3-4-11(12,13)14/h8,15H,3-7H2,1-2H3. The van der Waals surface area contributed by atoms with Gasteiger partial charge in [-0.1, -0.05) is 25.2 Å². The molecular formula is C11H18F3N3OS. The Bertz CT molecular complexity index is 368. The van der Waals surface area contributed by atoms with E-state index >= 15 is 0 Å². The number of nitrogens with one attached hydrogen (secondary N) is 1. The third-order valence-electron chi connectivity index (χ3n) is 2.11. The van der Waals surface area contributed by atoms with Gasteiger partial charge in [-0.05, 0) is 18.9 Å². The lowest BCUT2D eigenvalue weighted by atomic mass is 10.2. The normalized spacial score (nSPS) is 12.1. The molecule has 0 aromatic carbocycles. The molecule has 0 aliphatic carbocycles. The van der Waals surface area contributed by atoms with E-state index in [1.807, 2.05) is 0 Å². The predicted octanol–water partition coefficient (Wildman–Crippen LogP) is 3.01. The fourth-order valence-electron chi connectivity index (χ4n) is 1.27. The molecule has 0 amide bonds. The molecule has 1 aromatic heterocycles. The van der Waals surface area contributed by atoms with Gasteiger partial charge in [-0.2, -0.15) is 13.2 Å². The molecule has 0 saturated heterocycles. The van der Waals surface area contributed by atoms with Gasteiger partial charge in [-0.15, -0.1) is 10.2 Å². The zero-order chi connectivity index (χ0) is 14.3. The van der Waals surface area contributed by atoms with E-state index in [2.05, 4.69) is 29.4 Å². The zero-order valence-corrected chi connectivity index (χ0v) is 11.8. The van der Waals surface area contributed by atoms with E-state index < -0.39 is 12.6 Å². The van der Waals surface area contributed by atoms with E-state index in [0.29, 0.717) is 17.7 Å². The molecule has 0 spiro atoms. The Morgan fingerprint density at radius 2 is 2.05 bits per heavy atom. The predicted molar refractivity (Wildman–Crippen MR) is 67.2 cm³/mol. The van der Waals surface area contributed by atoms with Gasteiger partial charge in [0.15, 0.2) is 0 Å². The van der Waals surface area contributed by atoms with Crippen LogP contribution in [0.3, 0.4) is 0 Å². The zero-order valence-electron chi connectivity index (χ0n) is 11.0. The summed E-state index contributed by atoms with van der Waals surface area (Å²) < 4.78 is 40.8. The van der Waals surface area contributed by atoms with E-state index in [1.165, 1.54) is 11.3 Å². The summed E-state index contributed by atoms with van der Waals surface area (Å²) in [6.45, 7) is 5.68. The molecule has 0 unspecified atom stereocenters. The molecule has 8 heteroatoms. The summed E-state index contributed by atoms with van der Waals surface area (Å²) in [5.41, 5.74) is 0. The van der Waals surface area contributed by atoms with E-state index in [-0.39, 0.29) is 13.0 Å². The van der Waals surface area contributed by atoms with Crippen LogP contribution in [0.5, 0.6) is 5.19 Å². The first kappa shape index (κ1) is 16.2. The van der Waals surface area contributed by atoms with Crippen LogP contribution in [-0.2, 0) is 6.54 Å². The third-order valence-corrected chi connectivity index (χ3v) is 2.94. The van der Waals surface area contributed by atoms with Gasteiger partial charge >= 0.3 is 6.18 Å². The van der Waals surface area contributed by atoms with Crippen LogP contribution < -0.4 is 10.1 Å². The molecular weight excluding hydrogens is 279 g/mol. The summed E-state index contributed by atoms with van der Waals surface area (Å²) >= 11 is 1.25. The second kappa shape index (κ2) is 7.64. The van der Waals surface area contributed by atoms with Crippen LogP contribution in [0, 0.1) is 5.92 Å². The van der Waals surface area contributed by atoms with Crippen molar-refractivity contribution in [1.82, 2.24) is 15.5 Å². The number of nitrogens with zero attached hydrogens (tertiary/aromatic N) is 2. The molecule has 1 rings (SSSR count). The number of ether oxygens (including phenoxy) is 1. The largest absolute Gasteiger partial charge is 0.469 e. The number of hydrogen-bond acceptors (Lipinski definition) is 5. The van der Waals surface area contributed by atoms with E-state index in [4.69, 9.17) is 4.74 Å². The van der Waals surface area contributed by atoms with Crippen LogP contribution in [0.25, 0.3) is 0 Å². The van der Waals surface area contributed by atoms with Crippen molar-refractivity contribution in [3.05, 3.63) is 5.01 Å². The number of aromatic nitrogens is 2. The van der Waals surface area contributed by atoms with Crippen LogP contribution in [0.1, 0.15) is 31.7 Å². The molecule has 19 heavy (non-hydrogen) atoms. The van der Waals surface area contributed by atoms with Crippen molar-refractivity contribution in [3.8, 4) is 5.19 Å². The van der Waals surface area contributed by atoms with Crippen LogP contribution in [0.4, 0.5) is 13.2 Å². The Hall–Kier alpha value is -0.890. The van der Waals surface area contributed by atoms with E-state index in [1.54, 1.807) is 0 Å². The summed E-state index contributed by atoms with van der Waals surface area (Å²) in [6, 6.07) is 0. The summed E-state index contributed by atoms with van der Waals surface area (Å²) in [6.07, 6.45) is -5.03. The summed E-state index contributed by atoms with van der Waals surface area (Å²) in [5.74, 6) is 0.547. The van der Waals surface area contributed by atoms with Crippen LogP contribution >= 0.6 is 11.3 Å². The Labute approximate surface area is 114 Å². The molecule has 0 aliphatic rings. The lowest BCUT2D eigenvalue weighted by molar-refractivity contribution is -0.136. The second-order valence-corrected chi connectivity index (χ2v) is 5.58. The molecule has 0 radical (unpaired) electrons. The maximum atomic E-state index is 11.9. The van der Waals surface area contributed by atoms with E-state index in [0.717, 1.165) is 11.6 Å². The van der Waals surface area contributed by atoms with Crippen molar-refractivity contribution < 1.29 is 17.9 Å². The fourth-order valence-corrected chi connectivity index (χ4v) is 1.95. The molecule has 0 bridgehead atoms. The van der Waals surface area contributed by atoms with Gasteiger partial charge in [0.05, 0.1) is 6.61 Å². The maximum absolute atomic E-state index is 11.9. The average molecular weight is 297 g/mol. The van der Waals surface area contributed by atoms with Crippen molar-refractivity contribution in [2.24, 2.45) is 5.92 Å². The average Bonchev–Trinajstić information content (AvgIpc) is 2.71. The smallest absolute Gasteiger partial charge is 0.389 e. The highest BCUT2D eigenvalue weighted by atomic mass is 32.1. The minimum atomic E-state index is -4.13. The lowest BCUT2D eigenvalue weighted by Gasteiger charge is -2.05. The maximum Gasteiger partial charge on any atom is 0.389 e. The molecule has 1 heterocycles. The number of alkyl halides is 3. The molecule has 0 fully saturated rings. The Morgan fingerprint density at radius 1 is 1.32 bits per heavy atom. The van der Waals surface area contributed by atoms with Crippen LogP contribution in [0.2, 0.25) is 0 Å². The SMILES string of the molecule is CC(C)CNCc1nnc(OCCCC(F)(F)F)s1. The first-order chi connectivity index (χ1) is 8.87. The highest BCUT2D eigenvalue weighted by Gasteiger charge is 2.26. The number of halogens is 3. The molecule has 1 aromatic rings. The quantitative estimate of drug-likeness (QED) is 0.749. The van der Waals surface area contributed by atoms with E-state index in [9.17, 15) is 13.2 Å². The van der Waals surface area contributed by atoms with Gasteiger partial charge in [-0.3, -0.25) is 0 Å². The van der Waals surface area contributed by atoms with Crippen molar-refractivity contribution in [2.45, 2.75) is 39.4 Å². The Kier molecular flexibility index (Phi) is 6.50. The lowest BCUT2D eigenvalue weighted by Crippen LogP contribution is -2.18. The molecule has 110 valence electrons. The first-order valence-electron chi connectivity index (χ1n) is 6.09. The number of rotatable bonds is 8. The Morgan fingerprint density at radius 3 is 2.68 bits per heavy atom. The topological polar surface area (TPSA) is 47.0 Å². The minimum absolute atomic E-state index is 0.00751. The van der Waals surface area contributed by atoms with Gasteiger partial charge in [0, 0.05) is 13.0 Å². The van der Waals surface area contributed by atoms with Crippen molar-refractivity contribution in [1.29, 1.82) is 0 Å². The fraction of sp³-hybridized carbons (Fsp3) is 0.818. The summed E-state index contributed by atoms with van der Waals surface area (Å²) in [5, 5.41) is 12.0. The Balaban J connectivity index is 2.19. The van der Waals surface area contributed by atoms with Gasteiger partial charge < -0.3 is 10.1 Å². The molecule has 0 atom stereocenters. The van der Waals surface area contributed by atoms with Crippen LogP contribution in [-0.4, -0.2) is 29.5 Å². The molecule has 4 nitrogen and oxygen atoms in total. The highest BCUT2D eigenvalue weighted by molar-refractivity contribution is 7.13. The molecule has 0 saturated carbocycles. The van der Waals surface area contributed by atoms with Crippen molar-refractivity contribution in [3.63, 3.8) is 0 Å². The minimum Gasteiger partial charge on any atom is -0.469 e. The molecule has 0 aliphatic heterocycles. The highest BCUT2D eigenvalue weighted by Crippen LogP contribution is 2.22. The third kappa shape index (κ3) is 7.99. The first-order valence-corrected chi connectivity index (χ1v) is 6.91. The summed E-state index contributed by atoms with van der Waals surface area (Å²) in [7, 11) is 0. The van der Waals surface area contributed by atoms with Crippen LogP contribution in [0.15, 0.2) is 0 Å². The monoisotopic (exact) mass is 297 g/mol. The second-order valence-electron chi connectivity index (χ2n) is 4.55. The van der Waals surface area contributed by atoms with Crippen molar-refractivity contribution in [2.75, 3.05) is 13.2 Å². The number of hydrogen-bond donors (Lipinski definition) is 1. The summed E-state index contributed by atoms with van der Waals surface area (Å²) in [4.78, 5) is 0. The van der Waals surface area contributed by atoms with Gasteiger partial charge in [0.25, 0.3) is 5.19 Å². The molecule has 1 N–H and O–H groups in total.